The summed E-state index contributed by atoms with van der Waals surface area (Å²) in [6.45, 7) is 2.91. The van der Waals surface area contributed by atoms with Crippen LogP contribution >= 0.6 is 0 Å². The summed E-state index contributed by atoms with van der Waals surface area (Å²) in [7, 11) is 1.90. The van der Waals surface area contributed by atoms with Crippen molar-refractivity contribution in [3.8, 4) is 0 Å². The van der Waals surface area contributed by atoms with Crippen molar-refractivity contribution in [1.29, 1.82) is 0 Å². The molecule has 4 heteroatoms. The first-order chi connectivity index (χ1) is 5.68. The van der Waals surface area contributed by atoms with Crippen molar-refractivity contribution < 1.29 is 0 Å². The van der Waals surface area contributed by atoms with Crippen molar-refractivity contribution in [3.05, 3.63) is 12.4 Å². The quantitative estimate of drug-likeness (QED) is 0.691. The molecule has 12 heavy (non-hydrogen) atoms. The van der Waals surface area contributed by atoms with E-state index < -0.39 is 0 Å². The van der Waals surface area contributed by atoms with Gasteiger partial charge in [0.15, 0.2) is 0 Å². The van der Waals surface area contributed by atoms with E-state index in [9.17, 15) is 0 Å². The lowest BCUT2D eigenvalue weighted by Gasteiger charge is -2.05. The highest BCUT2D eigenvalue weighted by Gasteiger charge is 1.95. The first-order valence-electron chi connectivity index (χ1n) is 4.16. The van der Waals surface area contributed by atoms with Crippen LogP contribution in [0, 0.1) is 0 Å². The Morgan fingerprint density at radius 3 is 3.00 bits per heavy atom. The molecule has 0 amide bonds. The Hall–Kier alpha value is -1.03. The molecule has 1 unspecified atom stereocenters. The summed E-state index contributed by atoms with van der Waals surface area (Å²) >= 11 is 0. The minimum absolute atomic E-state index is 0.258. The summed E-state index contributed by atoms with van der Waals surface area (Å²) in [5.74, 6) is 0. The van der Waals surface area contributed by atoms with Gasteiger partial charge in [-0.3, -0.25) is 4.68 Å². The first kappa shape index (κ1) is 9.06. The van der Waals surface area contributed by atoms with E-state index in [1.165, 1.54) is 0 Å². The van der Waals surface area contributed by atoms with Crippen LogP contribution in [0.1, 0.15) is 13.3 Å². The Kier molecular flexibility index (Phi) is 3.10. The molecule has 0 fully saturated rings. The first-order valence-corrected chi connectivity index (χ1v) is 4.16. The van der Waals surface area contributed by atoms with Crippen molar-refractivity contribution in [2.45, 2.75) is 19.4 Å². The number of aryl methyl sites for hydroxylation is 1. The fourth-order valence-corrected chi connectivity index (χ4v) is 0.957. The number of nitrogens with one attached hydrogen (secondary N) is 1. The smallest absolute Gasteiger partial charge is 0.0726 e. The molecule has 0 aromatic carbocycles. The number of anilines is 1. The van der Waals surface area contributed by atoms with Crippen LogP contribution in [0.25, 0.3) is 0 Å². The van der Waals surface area contributed by atoms with Crippen molar-refractivity contribution >= 4 is 5.69 Å². The molecule has 1 aromatic rings. The molecule has 0 bridgehead atoms. The zero-order chi connectivity index (χ0) is 8.97. The lowest BCUT2D eigenvalue weighted by atomic mass is 10.2. The fraction of sp³-hybridized carbons (Fsp3) is 0.625. The molecular formula is C8H16N4. The lowest BCUT2D eigenvalue weighted by molar-refractivity contribution is 0.690. The van der Waals surface area contributed by atoms with E-state index >= 15 is 0 Å². The summed E-state index contributed by atoms with van der Waals surface area (Å²) < 4.78 is 1.77. The Bertz CT molecular complexity index is 229. The van der Waals surface area contributed by atoms with E-state index in [-0.39, 0.29) is 6.04 Å². The molecule has 1 atom stereocenters. The van der Waals surface area contributed by atoms with Gasteiger partial charge in [-0.05, 0) is 13.3 Å². The van der Waals surface area contributed by atoms with Crippen LogP contribution in [0.2, 0.25) is 0 Å². The van der Waals surface area contributed by atoms with Crippen LogP contribution in [0.3, 0.4) is 0 Å². The Balaban J connectivity index is 2.24. The van der Waals surface area contributed by atoms with Crippen LogP contribution in [-0.2, 0) is 7.05 Å². The SMILES string of the molecule is CC(N)CCNc1cnn(C)c1. The Labute approximate surface area is 72.8 Å². The van der Waals surface area contributed by atoms with Crippen LogP contribution in [0.15, 0.2) is 12.4 Å². The molecule has 4 nitrogen and oxygen atoms in total. The molecule has 1 heterocycles. The minimum Gasteiger partial charge on any atom is -0.382 e. The summed E-state index contributed by atoms with van der Waals surface area (Å²) in [6, 6.07) is 0.258. The molecule has 0 saturated carbocycles. The average Bonchev–Trinajstić information content (AvgIpc) is 2.35. The third kappa shape index (κ3) is 2.92. The zero-order valence-electron chi connectivity index (χ0n) is 7.62. The third-order valence-corrected chi connectivity index (χ3v) is 1.63. The maximum absolute atomic E-state index is 5.60. The molecule has 0 aliphatic heterocycles. The molecule has 1 aromatic heterocycles. The number of hydrogen-bond donors (Lipinski definition) is 2. The number of nitrogens with zero attached hydrogens (tertiary/aromatic N) is 2. The van der Waals surface area contributed by atoms with Crippen LogP contribution < -0.4 is 11.1 Å². The van der Waals surface area contributed by atoms with Gasteiger partial charge in [-0.1, -0.05) is 0 Å². The highest BCUT2D eigenvalue weighted by atomic mass is 15.3. The Morgan fingerprint density at radius 2 is 2.50 bits per heavy atom. The molecule has 0 aliphatic carbocycles. The summed E-state index contributed by atoms with van der Waals surface area (Å²) in [5.41, 5.74) is 6.65. The second-order valence-corrected chi connectivity index (χ2v) is 3.10. The van der Waals surface area contributed by atoms with E-state index in [1.54, 1.807) is 10.9 Å². The van der Waals surface area contributed by atoms with E-state index in [2.05, 4.69) is 10.4 Å². The van der Waals surface area contributed by atoms with Crippen LogP contribution in [-0.4, -0.2) is 22.4 Å². The predicted octanol–water partition coefficient (Wildman–Crippen LogP) is 0.569. The minimum atomic E-state index is 0.258. The highest BCUT2D eigenvalue weighted by Crippen LogP contribution is 2.02. The second kappa shape index (κ2) is 4.11. The van der Waals surface area contributed by atoms with Crippen molar-refractivity contribution in [2.75, 3.05) is 11.9 Å². The molecule has 3 N–H and O–H groups in total. The monoisotopic (exact) mass is 168 g/mol. The van der Waals surface area contributed by atoms with Crippen LogP contribution in [0.5, 0.6) is 0 Å². The summed E-state index contributed by atoms with van der Waals surface area (Å²) in [5, 5.41) is 7.27. The van der Waals surface area contributed by atoms with Crippen LogP contribution in [0.4, 0.5) is 5.69 Å². The molecule has 0 radical (unpaired) electrons. The summed E-state index contributed by atoms with van der Waals surface area (Å²) in [4.78, 5) is 0. The van der Waals surface area contributed by atoms with Crippen molar-refractivity contribution in [1.82, 2.24) is 9.78 Å². The number of nitrogens with two attached hydrogens (primary N) is 1. The van der Waals surface area contributed by atoms with E-state index in [0.717, 1.165) is 18.7 Å². The van der Waals surface area contributed by atoms with Crippen molar-refractivity contribution in [3.63, 3.8) is 0 Å². The summed E-state index contributed by atoms with van der Waals surface area (Å²) in [6.07, 6.45) is 4.73. The van der Waals surface area contributed by atoms with Gasteiger partial charge >= 0.3 is 0 Å². The van der Waals surface area contributed by atoms with Crippen molar-refractivity contribution in [2.24, 2.45) is 12.8 Å². The molecule has 0 saturated heterocycles. The fourth-order valence-electron chi connectivity index (χ4n) is 0.957. The van der Waals surface area contributed by atoms with Gasteiger partial charge in [-0.25, -0.2) is 0 Å². The second-order valence-electron chi connectivity index (χ2n) is 3.10. The van der Waals surface area contributed by atoms with Gasteiger partial charge < -0.3 is 11.1 Å². The number of rotatable bonds is 4. The van der Waals surface area contributed by atoms with Gasteiger partial charge in [0.05, 0.1) is 11.9 Å². The Morgan fingerprint density at radius 1 is 1.75 bits per heavy atom. The molecular weight excluding hydrogens is 152 g/mol. The van der Waals surface area contributed by atoms with Gasteiger partial charge in [-0.15, -0.1) is 0 Å². The normalized spacial score (nSPS) is 12.9. The van der Waals surface area contributed by atoms with E-state index in [4.69, 9.17) is 5.73 Å². The van der Waals surface area contributed by atoms with Gasteiger partial charge in [-0.2, -0.15) is 5.10 Å². The highest BCUT2D eigenvalue weighted by molar-refractivity contribution is 5.37. The zero-order valence-corrected chi connectivity index (χ0v) is 7.62. The topological polar surface area (TPSA) is 55.9 Å². The standard InChI is InChI=1S/C8H16N4/c1-7(9)3-4-10-8-5-11-12(2)6-8/h5-7,10H,3-4,9H2,1-2H3. The van der Waals surface area contributed by atoms with Gasteiger partial charge in [0.2, 0.25) is 0 Å². The molecule has 0 spiro atoms. The third-order valence-electron chi connectivity index (χ3n) is 1.63. The van der Waals surface area contributed by atoms with E-state index in [0.29, 0.717) is 0 Å². The maximum atomic E-state index is 5.60. The maximum Gasteiger partial charge on any atom is 0.0726 e. The molecule has 68 valence electrons. The predicted molar refractivity (Wildman–Crippen MR) is 50.0 cm³/mol. The number of hydrogen-bond acceptors (Lipinski definition) is 3. The molecule has 1 rings (SSSR count). The largest absolute Gasteiger partial charge is 0.382 e. The molecule has 0 aliphatic rings. The van der Waals surface area contributed by atoms with E-state index in [1.807, 2.05) is 20.2 Å². The van der Waals surface area contributed by atoms with Gasteiger partial charge in [0.25, 0.3) is 0 Å². The lowest BCUT2D eigenvalue weighted by Crippen LogP contribution is -2.18. The number of aromatic nitrogens is 2. The average molecular weight is 168 g/mol. The van der Waals surface area contributed by atoms with Gasteiger partial charge in [0, 0.05) is 25.8 Å². The van der Waals surface area contributed by atoms with Gasteiger partial charge in [0.1, 0.15) is 0 Å².